The van der Waals surface area contributed by atoms with Crippen molar-refractivity contribution in [2.75, 3.05) is 23.7 Å². The molecule has 1 atom stereocenters. The van der Waals surface area contributed by atoms with Crippen LogP contribution in [0.2, 0.25) is 0 Å². The lowest BCUT2D eigenvalue weighted by atomic mass is 9.87. The second kappa shape index (κ2) is 10.5. The van der Waals surface area contributed by atoms with Crippen molar-refractivity contribution >= 4 is 29.4 Å². The summed E-state index contributed by atoms with van der Waals surface area (Å²) in [6.45, 7) is 10.7. The van der Waals surface area contributed by atoms with Crippen LogP contribution in [-0.2, 0) is 15.0 Å². The van der Waals surface area contributed by atoms with E-state index in [9.17, 15) is 14.0 Å². The lowest BCUT2D eigenvalue weighted by Gasteiger charge is -2.24. The van der Waals surface area contributed by atoms with Crippen LogP contribution in [0.4, 0.5) is 10.2 Å². The first-order valence-electron chi connectivity index (χ1n) is 12.2. The highest BCUT2D eigenvalue weighted by atomic mass is 32.2. The topological polar surface area (TPSA) is 67.2 Å². The first-order chi connectivity index (χ1) is 17.1. The number of amides is 2. The highest BCUT2D eigenvalue weighted by Gasteiger charge is 2.40. The van der Waals surface area contributed by atoms with E-state index in [1.165, 1.54) is 23.9 Å². The molecule has 0 fully saturated rings. The molecular formula is C28H33FN4O2S. The van der Waals surface area contributed by atoms with E-state index < -0.39 is 0 Å². The van der Waals surface area contributed by atoms with Gasteiger partial charge < -0.3 is 5.32 Å². The van der Waals surface area contributed by atoms with E-state index in [4.69, 9.17) is 5.10 Å². The number of carbonyl (C=O) groups is 2. The molecular weight excluding hydrogens is 475 g/mol. The molecule has 0 spiro atoms. The van der Waals surface area contributed by atoms with Gasteiger partial charge in [0, 0.05) is 17.5 Å². The van der Waals surface area contributed by atoms with Crippen LogP contribution in [0, 0.1) is 12.7 Å². The van der Waals surface area contributed by atoms with Crippen LogP contribution in [0.3, 0.4) is 0 Å². The molecule has 1 aromatic heterocycles. The number of benzene rings is 2. The molecule has 0 saturated carbocycles. The SMILES string of the molecule is CCCNC(=O)CN1C(=O)CSC(c2cccc(F)c2)c2c(C(C)(C)C)nn(-c3ccccc3C)c21. The van der Waals surface area contributed by atoms with E-state index in [0.29, 0.717) is 12.4 Å². The standard InChI is InChI=1S/C28H33FN4O2S/c1-6-14-30-22(34)16-32-23(35)17-36-25(19-11-9-12-20(29)15-19)24-26(28(3,4)5)31-33(27(24)32)21-13-8-7-10-18(21)2/h7-13,15,25H,6,14,16-17H2,1-5H3,(H,30,34). The van der Waals surface area contributed by atoms with Gasteiger partial charge in [-0.25, -0.2) is 9.07 Å². The quantitative estimate of drug-likeness (QED) is 0.490. The first kappa shape index (κ1) is 25.9. The van der Waals surface area contributed by atoms with Gasteiger partial charge in [-0.15, -0.1) is 11.8 Å². The summed E-state index contributed by atoms with van der Waals surface area (Å²) in [7, 11) is 0. The average molecular weight is 509 g/mol. The normalized spacial score (nSPS) is 16.0. The van der Waals surface area contributed by atoms with E-state index in [1.54, 1.807) is 15.6 Å². The fraction of sp³-hybridized carbons (Fsp3) is 0.393. The largest absolute Gasteiger partial charge is 0.355 e. The molecule has 3 aromatic rings. The van der Waals surface area contributed by atoms with Crippen LogP contribution in [0.5, 0.6) is 0 Å². The van der Waals surface area contributed by atoms with Crippen LogP contribution in [-0.4, -0.2) is 40.4 Å². The zero-order valence-electron chi connectivity index (χ0n) is 21.5. The number of hydrogen-bond acceptors (Lipinski definition) is 4. The minimum atomic E-state index is -0.367. The fourth-order valence-electron chi connectivity index (χ4n) is 4.44. The summed E-state index contributed by atoms with van der Waals surface area (Å²) in [5.74, 6) is 0.00539. The van der Waals surface area contributed by atoms with Gasteiger partial charge in [-0.1, -0.05) is 58.0 Å². The molecule has 1 aliphatic rings. The van der Waals surface area contributed by atoms with Gasteiger partial charge in [0.05, 0.1) is 22.4 Å². The number of nitrogens with zero attached hydrogens (tertiary/aromatic N) is 3. The van der Waals surface area contributed by atoms with E-state index in [2.05, 4.69) is 26.1 Å². The van der Waals surface area contributed by atoms with Gasteiger partial charge in [0.2, 0.25) is 11.8 Å². The van der Waals surface area contributed by atoms with Gasteiger partial charge in [-0.3, -0.25) is 14.5 Å². The molecule has 1 unspecified atom stereocenters. The number of carbonyl (C=O) groups excluding carboxylic acids is 2. The van der Waals surface area contributed by atoms with Crippen molar-refractivity contribution in [3.05, 3.63) is 76.7 Å². The lowest BCUT2D eigenvalue weighted by Crippen LogP contribution is -2.42. The number of para-hydroxylation sites is 1. The van der Waals surface area contributed by atoms with Crippen LogP contribution >= 0.6 is 11.8 Å². The number of halogens is 1. The van der Waals surface area contributed by atoms with Crippen molar-refractivity contribution in [2.45, 2.75) is 51.7 Å². The van der Waals surface area contributed by atoms with Gasteiger partial charge in [0.25, 0.3) is 0 Å². The van der Waals surface area contributed by atoms with E-state index >= 15 is 0 Å². The lowest BCUT2D eigenvalue weighted by molar-refractivity contribution is -0.122. The highest BCUT2D eigenvalue weighted by Crippen LogP contribution is 2.48. The molecule has 36 heavy (non-hydrogen) atoms. The third-order valence-corrected chi connectivity index (χ3v) is 7.42. The summed E-state index contributed by atoms with van der Waals surface area (Å²) in [5, 5.41) is 7.64. The smallest absolute Gasteiger partial charge is 0.240 e. The first-order valence-corrected chi connectivity index (χ1v) is 13.3. The Kier molecular flexibility index (Phi) is 7.54. The number of aryl methyl sites for hydroxylation is 1. The molecule has 190 valence electrons. The van der Waals surface area contributed by atoms with Crippen molar-refractivity contribution in [2.24, 2.45) is 0 Å². The molecule has 0 aliphatic carbocycles. The van der Waals surface area contributed by atoms with Crippen molar-refractivity contribution < 1.29 is 14.0 Å². The molecule has 0 bridgehead atoms. The van der Waals surface area contributed by atoms with E-state index in [1.807, 2.05) is 44.2 Å². The summed E-state index contributed by atoms with van der Waals surface area (Å²) >= 11 is 1.45. The minimum absolute atomic E-state index is 0.108. The second-order valence-electron chi connectivity index (χ2n) is 10.1. The Morgan fingerprint density at radius 2 is 1.94 bits per heavy atom. The van der Waals surface area contributed by atoms with E-state index in [-0.39, 0.29) is 40.6 Å². The minimum Gasteiger partial charge on any atom is -0.355 e. The maximum absolute atomic E-state index is 14.3. The van der Waals surface area contributed by atoms with Crippen molar-refractivity contribution in [3.8, 4) is 5.69 Å². The van der Waals surface area contributed by atoms with Crippen LogP contribution in [0.25, 0.3) is 5.69 Å². The monoisotopic (exact) mass is 508 g/mol. The molecule has 0 radical (unpaired) electrons. The Balaban J connectivity index is 2.02. The van der Waals surface area contributed by atoms with E-state index in [0.717, 1.165) is 34.5 Å². The molecule has 0 saturated heterocycles. The van der Waals surface area contributed by atoms with Crippen LogP contribution in [0.15, 0.2) is 48.5 Å². The number of hydrogen-bond donors (Lipinski definition) is 1. The number of aromatic nitrogens is 2. The third-order valence-electron chi connectivity index (χ3n) is 6.17. The van der Waals surface area contributed by atoms with Gasteiger partial charge in [-0.2, -0.15) is 5.10 Å². The molecule has 2 heterocycles. The molecule has 6 nitrogen and oxygen atoms in total. The van der Waals surface area contributed by atoms with Crippen LogP contribution < -0.4 is 10.2 Å². The molecule has 2 amide bonds. The number of anilines is 1. The zero-order chi connectivity index (χ0) is 26.0. The Morgan fingerprint density at radius 3 is 2.61 bits per heavy atom. The summed E-state index contributed by atoms with van der Waals surface area (Å²) in [6.07, 6.45) is 0.803. The molecule has 8 heteroatoms. The predicted molar refractivity (Wildman–Crippen MR) is 143 cm³/mol. The Labute approximate surface area is 216 Å². The summed E-state index contributed by atoms with van der Waals surface area (Å²) in [5.41, 5.74) is 3.88. The number of thioether (sulfide) groups is 1. The maximum Gasteiger partial charge on any atom is 0.240 e. The third kappa shape index (κ3) is 5.19. The summed E-state index contributed by atoms with van der Waals surface area (Å²) in [4.78, 5) is 28.0. The van der Waals surface area contributed by atoms with Crippen molar-refractivity contribution in [3.63, 3.8) is 0 Å². The Bertz CT molecular complexity index is 1280. The van der Waals surface area contributed by atoms with Gasteiger partial charge in [0.1, 0.15) is 18.2 Å². The number of rotatable bonds is 6. The maximum atomic E-state index is 14.3. The Hall–Kier alpha value is -3.13. The van der Waals surface area contributed by atoms with Gasteiger partial charge >= 0.3 is 0 Å². The van der Waals surface area contributed by atoms with Gasteiger partial charge in [0.15, 0.2) is 0 Å². The van der Waals surface area contributed by atoms with Crippen molar-refractivity contribution in [1.82, 2.24) is 15.1 Å². The number of nitrogens with one attached hydrogen (secondary N) is 1. The fourth-order valence-corrected chi connectivity index (χ4v) is 5.63. The zero-order valence-corrected chi connectivity index (χ0v) is 22.3. The summed E-state index contributed by atoms with van der Waals surface area (Å²) in [6, 6.07) is 14.4. The van der Waals surface area contributed by atoms with Gasteiger partial charge in [-0.05, 0) is 42.7 Å². The predicted octanol–water partition coefficient (Wildman–Crippen LogP) is 5.31. The average Bonchev–Trinajstić information content (AvgIpc) is 3.16. The Morgan fingerprint density at radius 1 is 1.19 bits per heavy atom. The highest BCUT2D eigenvalue weighted by molar-refractivity contribution is 8.00. The summed E-state index contributed by atoms with van der Waals surface area (Å²) < 4.78 is 16.1. The molecule has 1 N–H and O–H groups in total. The second-order valence-corrected chi connectivity index (χ2v) is 11.2. The molecule has 4 rings (SSSR count). The molecule has 1 aliphatic heterocycles. The molecule has 2 aromatic carbocycles. The van der Waals surface area contributed by atoms with Crippen LogP contribution in [0.1, 0.15) is 61.7 Å². The number of fused-ring (bicyclic) bond motifs is 1. The van der Waals surface area contributed by atoms with Crippen molar-refractivity contribution in [1.29, 1.82) is 0 Å².